The van der Waals surface area contributed by atoms with Crippen molar-refractivity contribution < 1.29 is 22.7 Å². The van der Waals surface area contributed by atoms with Gasteiger partial charge in [0.05, 0.1) is 36.4 Å². The molecule has 9 nitrogen and oxygen atoms in total. The Kier molecular flexibility index (Phi) is 6.79. The number of ether oxygens (including phenoxy) is 2. The van der Waals surface area contributed by atoms with E-state index in [4.69, 9.17) is 9.47 Å². The second-order valence-electron chi connectivity index (χ2n) is 7.06. The third-order valence-corrected chi connectivity index (χ3v) is 7.13. The van der Waals surface area contributed by atoms with E-state index in [1.54, 1.807) is 34.9 Å². The van der Waals surface area contributed by atoms with Crippen molar-refractivity contribution in [1.82, 2.24) is 4.57 Å². The van der Waals surface area contributed by atoms with E-state index in [0.717, 1.165) is 32.1 Å². The molecule has 0 fully saturated rings. The van der Waals surface area contributed by atoms with Crippen LogP contribution in [0.15, 0.2) is 41.2 Å². The van der Waals surface area contributed by atoms with E-state index in [0.29, 0.717) is 18.0 Å². The summed E-state index contributed by atoms with van der Waals surface area (Å²) in [5, 5.41) is 2.75. The molecule has 2 aromatic carbocycles. The van der Waals surface area contributed by atoms with Crippen molar-refractivity contribution in [3.63, 3.8) is 0 Å². The predicted molar refractivity (Wildman–Crippen MR) is 127 cm³/mol. The number of anilines is 2. The summed E-state index contributed by atoms with van der Waals surface area (Å²) in [5.74, 6) is 0.160. The highest BCUT2D eigenvalue weighted by Gasteiger charge is 2.32. The summed E-state index contributed by atoms with van der Waals surface area (Å²) in [5.41, 5.74) is 1.43. The Balaban J connectivity index is 1.96. The summed E-state index contributed by atoms with van der Waals surface area (Å²) >= 11 is 1.09. The van der Waals surface area contributed by atoms with Gasteiger partial charge in [-0.25, -0.2) is 8.42 Å². The van der Waals surface area contributed by atoms with E-state index in [1.807, 2.05) is 6.92 Å². The number of thiazole rings is 1. The Morgan fingerprint density at radius 3 is 2.50 bits per heavy atom. The number of carbonyl (C=O) groups is 1. The van der Waals surface area contributed by atoms with E-state index in [2.05, 4.69) is 5.32 Å². The first-order valence-corrected chi connectivity index (χ1v) is 12.4. The Morgan fingerprint density at radius 2 is 1.91 bits per heavy atom. The van der Waals surface area contributed by atoms with Crippen molar-refractivity contribution in [3.8, 4) is 11.5 Å². The van der Waals surface area contributed by atoms with Gasteiger partial charge in [-0.15, -0.1) is 0 Å². The van der Waals surface area contributed by atoms with Crippen molar-refractivity contribution in [3.05, 3.63) is 46.1 Å². The number of carbonyl (C=O) groups excluding carboxylic acids is 1. The van der Waals surface area contributed by atoms with E-state index in [9.17, 15) is 18.0 Å². The minimum atomic E-state index is -3.86. The topological polar surface area (TPSA) is 107 Å². The largest absolute Gasteiger partial charge is 0.497 e. The molecule has 172 valence electrons. The molecule has 3 aromatic rings. The van der Waals surface area contributed by atoms with E-state index in [1.165, 1.54) is 27.2 Å². The van der Waals surface area contributed by atoms with Gasteiger partial charge < -0.3 is 14.8 Å². The summed E-state index contributed by atoms with van der Waals surface area (Å²) in [6.45, 7) is 3.92. The number of hydrogen-bond acceptors (Lipinski definition) is 7. The number of nitrogens with zero attached hydrogens (tertiary/aromatic N) is 2. The van der Waals surface area contributed by atoms with Crippen molar-refractivity contribution in [2.45, 2.75) is 26.4 Å². The van der Waals surface area contributed by atoms with E-state index >= 15 is 0 Å². The smallest absolute Gasteiger partial charge is 0.308 e. The van der Waals surface area contributed by atoms with Crippen LogP contribution in [-0.2, 0) is 21.4 Å². The van der Waals surface area contributed by atoms with Crippen LogP contribution in [0, 0.1) is 0 Å². The molecule has 0 aliphatic heterocycles. The Bertz CT molecular complexity index is 1310. The lowest BCUT2D eigenvalue weighted by atomic mass is 10.2. The number of sulfonamides is 1. The maximum atomic E-state index is 13.0. The van der Waals surface area contributed by atoms with Gasteiger partial charge >= 0.3 is 4.87 Å². The van der Waals surface area contributed by atoms with Gasteiger partial charge in [-0.05, 0) is 44.2 Å². The summed E-state index contributed by atoms with van der Waals surface area (Å²) < 4.78 is 39.2. The highest BCUT2D eigenvalue weighted by atomic mass is 32.2. The molecule has 0 saturated carbocycles. The normalized spacial score (nSPS) is 12.4. The maximum absolute atomic E-state index is 13.0. The van der Waals surface area contributed by atoms with Gasteiger partial charge in [-0.2, -0.15) is 0 Å². The molecule has 1 heterocycles. The van der Waals surface area contributed by atoms with Crippen molar-refractivity contribution in [2.24, 2.45) is 0 Å². The predicted octanol–water partition coefficient (Wildman–Crippen LogP) is 2.89. The van der Waals surface area contributed by atoms with E-state index < -0.39 is 22.0 Å². The monoisotopic (exact) mass is 479 g/mol. The third kappa shape index (κ3) is 4.58. The second-order valence-corrected chi connectivity index (χ2v) is 9.91. The molecule has 1 amide bonds. The molecule has 0 spiro atoms. The molecule has 11 heteroatoms. The highest BCUT2D eigenvalue weighted by molar-refractivity contribution is 7.92. The van der Waals surface area contributed by atoms with Crippen LogP contribution >= 0.6 is 11.3 Å². The molecule has 1 aromatic heterocycles. The molecule has 0 bridgehead atoms. The number of benzene rings is 2. The standard InChI is InChI=1S/C21H25N3O6S2/c1-6-23-16-9-7-14(11-19(16)31-21(23)26)22-20(25)13(2)24(32(5,27)28)17-12-15(29-3)8-10-18(17)30-4/h7-13H,6H2,1-5H3,(H,22,25)/t13-/m0/s1. The number of aromatic nitrogens is 1. The van der Waals surface area contributed by atoms with Crippen molar-refractivity contribution in [2.75, 3.05) is 30.1 Å². The fourth-order valence-corrected chi connectivity index (χ4v) is 5.60. The number of methoxy groups -OCH3 is 2. The third-order valence-electron chi connectivity index (χ3n) is 4.96. The van der Waals surface area contributed by atoms with Crippen LogP contribution < -0.4 is 24.0 Å². The lowest BCUT2D eigenvalue weighted by Gasteiger charge is -2.29. The lowest BCUT2D eigenvalue weighted by molar-refractivity contribution is -0.116. The number of aryl methyl sites for hydroxylation is 1. The first kappa shape index (κ1) is 23.6. The average Bonchev–Trinajstić information content (AvgIpc) is 3.06. The molecule has 32 heavy (non-hydrogen) atoms. The molecule has 0 radical (unpaired) electrons. The Morgan fingerprint density at radius 1 is 1.19 bits per heavy atom. The van der Waals surface area contributed by atoms with Crippen LogP contribution in [0.4, 0.5) is 11.4 Å². The van der Waals surface area contributed by atoms with Crippen LogP contribution in [0.1, 0.15) is 13.8 Å². The lowest BCUT2D eigenvalue weighted by Crippen LogP contribution is -2.45. The zero-order chi connectivity index (χ0) is 23.6. The van der Waals surface area contributed by atoms with Gasteiger partial charge in [0.25, 0.3) is 0 Å². The molecule has 0 aliphatic rings. The van der Waals surface area contributed by atoms with Gasteiger partial charge in [-0.3, -0.25) is 18.5 Å². The fourth-order valence-electron chi connectivity index (χ4n) is 3.44. The average molecular weight is 480 g/mol. The van der Waals surface area contributed by atoms with Crippen LogP contribution in [0.3, 0.4) is 0 Å². The molecule has 0 saturated heterocycles. The van der Waals surface area contributed by atoms with Gasteiger partial charge in [0, 0.05) is 18.3 Å². The summed E-state index contributed by atoms with van der Waals surface area (Å²) in [6, 6.07) is 8.76. The minimum absolute atomic E-state index is 0.0762. The zero-order valence-corrected chi connectivity index (χ0v) is 20.0. The number of nitrogens with one attached hydrogen (secondary N) is 1. The molecule has 1 N–H and O–H groups in total. The fraction of sp³-hybridized carbons (Fsp3) is 0.333. The maximum Gasteiger partial charge on any atom is 0.308 e. The molecule has 3 rings (SSSR count). The molecular weight excluding hydrogens is 454 g/mol. The summed E-state index contributed by atoms with van der Waals surface area (Å²) in [6.07, 6.45) is 1.02. The van der Waals surface area contributed by atoms with Crippen LogP contribution in [0.5, 0.6) is 11.5 Å². The molecule has 1 atom stereocenters. The van der Waals surface area contributed by atoms with Gasteiger partial charge in [0.1, 0.15) is 17.5 Å². The minimum Gasteiger partial charge on any atom is -0.497 e. The SMILES string of the molecule is CCn1c(=O)sc2cc(NC(=O)[C@H](C)N(c3cc(OC)ccc3OC)S(C)(=O)=O)ccc21. The molecule has 0 aliphatic carbocycles. The first-order valence-electron chi connectivity index (χ1n) is 9.76. The quantitative estimate of drug-likeness (QED) is 0.532. The van der Waals surface area contributed by atoms with Gasteiger partial charge in [0.2, 0.25) is 15.9 Å². The van der Waals surface area contributed by atoms with Crippen LogP contribution in [-0.4, -0.2) is 45.4 Å². The first-order chi connectivity index (χ1) is 15.1. The Hall–Kier alpha value is -3.05. The van der Waals surface area contributed by atoms with E-state index in [-0.39, 0.29) is 16.3 Å². The van der Waals surface area contributed by atoms with Crippen molar-refractivity contribution >= 4 is 48.9 Å². The van der Waals surface area contributed by atoms with Gasteiger partial charge in [0.15, 0.2) is 0 Å². The Labute approximate surface area is 190 Å². The summed E-state index contributed by atoms with van der Waals surface area (Å²) in [7, 11) is -0.981. The van der Waals surface area contributed by atoms with Crippen molar-refractivity contribution in [1.29, 1.82) is 0 Å². The number of rotatable bonds is 8. The number of hydrogen-bond donors (Lipinski definition) is 1. The van der Waals surface area contributed by atoms with Crippen LogP contribution in [0.25, 0.3) is 10.2 Å². The van der Waals surface area contributed by atoms with Crippen LogP contribution in [0.2, 0.25) is 0 Å². The van der Waals surface area contributed by atoms with Gasteiger partial charge in [-0.1, -0.05) is 11.3 Å². The zero-order valence-electron chi connectivity index (χ0n) is 18.4. The second kappa shape index (κ2) is 9.21. The number of amides is 1. The number of fused-ring (bicyclic) bond motifs is 1. The summed E-state index contributed by atoms with van der Waals surface area (Å²) in [4.78, 5) is 25.0. The molecular formula is C21H25N3O6S2. The molecule has 0 unspecified atom stereocenters. The highest BCUT2D eigenvalue weighted by Crippen LogP contribution is 2.35.